The Morgan fingerprint density at radius 3 is 2.88 bits per heavy atom. The zero-order valence-electron chi connectivity index (χ0n) is 10.2. The van der Waals surface area contributed by atoms with Gasteiger partial charge in [0.05, 0.1) is 0 Å². The molecule has 1 atom stereocenters. The molecule has 92 valence electrons. The summed E-state index contributed by atoms with van der Waals surface area (Å²) in [5, 5.41) is 2.84. The summed E-state index contributed by atoms with van der Waals surface area (Å²) in [6, 6.07) is 0.854. The van der Waals surface area contributed by atoms with Gasteiger partial charge in [-0.15, -0.1) is 0 Å². The van der Waals surface area contributed by atoms with E-state index in [9.17, 15) is 4.79 Å². The van der Waals surface area contributed by atoms with Gasteiger partial charge in [-0.1, -0.05) is 6.42 Å². The molecule has 1 unspecified atom stereocenters. The number of piperidine rings is 1. The van der Waals surface area contributed by atoms with Gasteiger partial charge in [-0.25, -0.2) is 4.79 Å². The average Bonchev–Trinajstić information content (AvgIpc) is 2.67. The third-order valence-corrected chi connectivity index (χ3v) is 3.76. The van der Waals surface area contributed by atoms with E-state index >= 15 is 0 Å². The number of likely N-dealkylation sites (tertiary alicyclic amines) is 1. The Labute approximate surface area is 98.0 Å². The summed E-state index contributed by atoms with van der Waals surface area (Å²) in [6.07, 6.45) is 5.17. The van der Waals surface area contributed by atoms with E-state index in [0.29, 0.717) is 0 Å². The SMILES string of the molecule is CC1CCCCN1CCCN1CCNC1=O. The predicted molar refractivity (Wildman–Crippen MR) is 64.5 cm³/mol. The van der Waals surface area contributed by atoms with Gasteiger partial charge >= 0.3 is 6.03 Å². The third-order valence-electron chi connectivity index (χ3n) is 3.76. The standard InChI is InChI=1S/C12H23N3O/c1-11-5-2-3-7-14(11)8-4-9-15-10-6-13-12(15)16/h11H,2-10H2,1H3,(H,13,16). The Hall–Kier alpha value is -0.770. The third kappa shape index (κ3) is 2.88. The highest BCUT2D eigenvalue weighted by atomic mass is 16.2. The summed E-state index contributed by atoms with van der Waals surface area (Å²) in [4.78, 5) is 15.8. The number of amides is 2. The number of carbonyl (C=O) groups is 1. The molecule has 2 aliphatic rings. The number of urea groups is 1. The highest BCUT2D eigenvalue weighted by Gasteiger charge is 2.20. The molecule has 2 fully saturated rings. The van der Waals surface area contributed by atoms with Crippen molar-refractivity contribution in [3.63, 3.8) is 0 Å². The second kappa shape index (κ2) is 5.53. The summed E-state index contributed by atoms with van der Waals surface area (Å²) in [5.74, 6) is 0. The van der Waals surface area contributed by atoms with Gasteiger partial charge in [-0.2, -0.15) is 0 Å². The van der Waals surface area contributed by atoms with Crippen LogP contribution in [0.4, 0.5) is 4.79 Å². The lowest BCUT2D eigenvalue weighted by Crippen LogP contribution is -2.39. The normalized spacial score (nSPS) is 27.2. The molecule has 0 aromatic rings. The Morgan fingerprint density at radius 2 is 2.19 bits per heavy atom. The number of rotatable bonds is 4. The van der Waals surface area contributed by atoms with E-state index in [1.807, 2.05) is 4.90 Å². The van der Waals surface area contributed by atoms with Gasteiger partial charge in [-0.05, 0) is 32.7 Å². The van der Waals surface area contributed by atoms with Crippen LogP contribution in [0.5, 0.6) is 0 Å². The zero-order chi connectivity index (χ0) is 11.4. The second-order valence-electron chi connectivity index (χ2n) is 4.95. The van der Waals surface area contributed by atoms with Crippen molar-refractivity contribution in [3.05, 3.63) is 0 Å². The molecule has 0 spiro atoms. The van der Waals surface area contributed by atoms with Gasteiger partial charge in [0.15, 0.2) is 0 Å². The molecular formula is C12H23N3O. The first kappa shape index (κ1) is 11.7. The van der Waals surface area contributed by atoms with Crippen LogP contribution in [-0.2, 0) is 0 Å². The van der Waals surface area contributed by atoms with Crippen LogP contribution in [0.15, 0.2) is 0 Å². The molecule has 0 saturated carbocycles. The second-order valence-corrected chi connectivity index (χ2v) is 4.95. The number of carbonyl (C=O) groups excluding carboxylic acids is 1. The van der Waals surface area contributed by atoms with Gasteiger partial charge in [0, 0.05) is 32.2 Å². The monoisotopic (exact) mass is 225 g/mol. The molecule has 0 radical (unpaired) electrons. The first-order chi connectivity index (χ1) is 7.77. The molecule has 1 N–H and O–H groups in total. The van der Waals surface area contributed by atoms with Gasteiger partial charge < -0.3 is 15.1 Å². The molecule has 2 heterocycles. The van der Waals surface area contributed by atoms with E-state index in [1.54, 1.807) is 0 Å². The van der Waals surface area contributed by atoms with Crippen LogP contribution < -0.4 is 5.32 Å². The topological polar surface area (TPSA) is 35.6 Å². The minimum absolute atomic E-state index is 0.117. The Balaban J connectivity index is 1.65. The van der Waals surface area contributed by atoms with Crippen LogP contribution in [0.1, 0.15) is 32.6 Å². The molecule has 0 aromatic heterocycles. The summed E-state index contributed by atoms with van der Waals surface area (Å²) >= 11 is 0. The lowest BCUT2D eigenvalue weighted by atomic mass is 10.0. The molecule has 2 rings (SSSR count). The molecule has 4 nitrogen and oxygen atoms in total. The van der Waals surface area contributed by atoms with Crippen molar-refractivity contribution in [2.24, 2.45) is 0 Å². The highest BCUT2D eigenvalue weighted by molar-refractivity contribution is 5.76. The van der Waals surface area contributed by atoms with Crippen molar-refractivity contribution in [1.82, 2.24) is 15.1 Å². The van der Waals surface area contributed by atoms with E-state index < -0.39 is 0 Å². The fourth-order valence-electron chi connectivity index (χ4n) is 2.68. The van der Waals surface area contributed by atoms with E-state index in [-0.39, 0.29) is 6.03 Å². The van der Waals surface area contributed by atoms with Crippen LogP contribution in [0.25, 0.3) is 0 Å². The van der Waals surface area contributed by atoms with Crippen LogP contribution in [0.2, 0.25) is 0 Å². The smallest absolute Gasteiger partial charge is 0.317 e. The van der Waals surface area contributed by atoms with Crippen LogP contribution >= 0.6 is 0 Å². The van der Waals surface area contributed by atoms with Gasteiger partial charge in [-0.3, -0.25) is 0 Å². The molecule has 2 aliphatic heterocycles. The maximum Gasteiger partial charge on any atom is 0.317 e. The number of hydrogen-bond acceptors (Lipinski definition) is 2. The van der Waals surface area contributed by atoms with Crippen LogP contribution in [0.3, 0.4) is 0 Å². The lowest BCUT2D eigenvalue weighted by molar-refractivity contribution is 0.153. The number of nitrogens with zero attached hydrogens (tertiary/aromatic N) is 2. The highest BCUT2D eigenvalue weighted by Crippen LogP contribution is 2.16. The Morgan fingerprint density at radius 1 is 1.31 bits per heavy atom. The van der Waals surface area contributed by atoms with Crippen LogP contribution in [0, 0.1) is 0 Å². The predicted octanol–water partition coefficient (Wildman–Crippen LogP) is 1.28. The first-order valence-corrected chi connectivity index (χ1v) is 6.54. The van der Waals surface area contributed by atoms with E-state index in [1.165, 1.54) is 25.8 Å². The van der Waals surface area contributed by atoms with E-state index in [0.717, 1.165) is 38.6 Å². The largest absolute Gasteiger partial charge is 0.336 e. The minimum Gasteiger partial charge on any atom is -0.336 e. The van der Waals surface area contributed by atoms with Crippen molar-refractivity contribution in [1.29, 1.82) is 0 Å². The summed E-state index contributed by atoms with van der Waals surface area (Å²) in [6.45, 7) is 7.32. The van der Waals surface area contributed by atoms with E-state index in [4.69, 9.17) is 0 Å². The fraction of sp³-hybridized carbons (Fsp3) is 0.917. The van der Waals surface area contributed by atoms with Crippen molar-refractivity contribution < 1.29 is 4.79 Å². The lowest BCUT2D eigenvalue weighted by Gasteiger charge is -2.33. The molecule has 0 aliphatic carbocycles. The summed E-state index contributed by atoms with van der Waals surface area (Å²) < 4.78 is 0. The maximum atomic E-state index is 11.3. The van der Waals surface area contributed by atoms with Crippen LogP contribution in [-0.4, -0.2) is 54.6 Å². The van der Waals surface area contributed by atoms with Crippen molar-refractivity contribution in [3.8, 4) is 0 Å². The number of nitrogens with one attached hydrogen (secondary N) is 1. The molecule has 0 bridgehead atoms. The molecule has 2 amide bonds. The van der Waals surface area contributed by atoms with Gasteiger partial charge in [0.2, 0.25) is 0 Å². The van der Waals surface area contributed by atoms with E-state index in [2.05, 4.69) is 17.1 Å². The first-order valence-electron chi connectivity index (χ1n) is 6.54. The zero-order valence-corrected chi connectivity index (χ0v) is 10.2. The minimum atomic E-state index is 0.117. The molecule has 16 heavy (non-hydrogen) atoms. The number of hydrogen-bond donors (Lipinski definition) is 1. The Kier molecular flexibility index (Phi) is 4.04. The van der Waals surface area contributed by atoms with Crippen molar-refractivity contribution in [2.75, 3.05) is 32.7 Å². The Bertz CT molecular complexity index is 244. The summed E-state index contributed by atoms with van der Waals surface area (Å²) in [5.41, 5.74) is 0. The summed E-state index contributed by atoms with van der Waals surface area (Å²) in [7, 11) is 0. The molecule has 0 aromatic carbocycles. The van der Waals surface area contributed by atoms with Gasteiger partial charge in [0.25, 0.3) is 0 Å². The quantitative estimate of drug-likeness (QED) is 0.782. The molecule has 2 saturated heterocycles. The molecule has 4 heteroatoms. The fourth-order valence-corrected chi connectivity index (χ4v) is 2.68. The van der Waals surface area contributed by atoms with Gasteiger partial charge in [0.1, 0.15) is 0 Å². The molecular weight excluding hydrogens is 202 g/mol. The maximum absolute atomic E-state index is 11.3. The average molecular weight is 225 g/mol. The van der Waals surface area contributed by atoms with Crippen molar-refractivity contribution in [2.45, 2.75) is 38.6 Å². The van der Waals surface area contributed by atoms with Crippen molar-refractivity contribution >= 4 is 6.03 Å².